The minimum Gasteiger partial charge on any atom is -0.339 e. The number of nitrogens with zero attached hydrogens (tertiary/aromatic N) is 4. The summed E-state index contributed by atoms with van der Waals surface area (Å²) in [5.41, 5.74) is 3.50. The second-order valence-electron chi connectivity index (χ2n) is 6.65. The zero-order chi connectivity index (χ0) is 18.6. The second kappa shape index (κ2) is 7.92. The van der Waals surface area contributed by atoms with Crippen LogP contribution in [0.3, 0.4) is 0 Å². The molecule has 0 saturated carbocycles. The van der Waals surface area contributed by atoms with E-state index in [0.717, 1.165) is 42.6 Å². The molecule has 0 unspecified atom stereocenters. The zero-order valence-electron chi connectivity index (χ0n) is 14.9. The summed E-state index contributed by atoms with van der Waals surface area (Å²) in [7, 11) is 0. The first kappa shape index (κ1) is 17.7. The monoisotopic (exact) mass is 382 g/mol. The summed E-state index contributed by atoms with van der Waals surface area (Å²) in [6.07, 6.45) is 4.93. The Hall–Kier alpha value is -2.66. The largest absolute Gasteiger partial charge is 0.339 e. The van der Waals surface area contributed by atoms with Crippen molar-refractivity contribution in [3.63, 3.8) is 0 Å². The van der Waals surface area contributed by atoms with Gasteiger partial charge in [0.1, 0.15) is 12.5 Å². The summed E-state index contributed by atoms with van der Waals surface area (Å²) in [4.78, 5) is 13.4. The minimum atomic E-state index is -0.203. The fourth-order valence-corrected chi connectivity index (χ4v) is 3.36. The lowest BCUT2D eigenvalue weighted by Gasteiger charge is -2.30. The Morgan fingerprint density at radius 3 is 2.44 bits per heavy atom. The lowest BCUT2D eigenvalue weighted by Crippen LogP contribution is -2.37. The Balaban J connectivity index is 1.34. The van der Waals surface area contributed by atoms with Crippen molar-refractivity contribution < 1.29 is 4.39 Å². The van der Waals surface area contributed by atoms with Gasteiger partial charge in [-0.15, -0.1) is 0 Å². The van der Waals surface area contributed by atoms with Crippen LogP contribution in [-0.4, -0.2) is 41.9 Å². The summed E-state index contributed by atoms with van der Waals surface area (Å²) < 4.78 is 13.1. The summed E-state index contributed by atoms with van der Waals surface area (Å²) in [5, 5.41) is 0.740. The predicted octanol–water partition coefficient (Wildman–Crippen LogP) is 4.43. The molecule has 0 saturated heterocycles. The maximum Gasteiger partial charge on any atom is 0.224 e. The van der Waals surface area contributed by atoms with Crippen molar-refractivity contribution in [2.75, 3.05) is 19.8 Å². The molecule has 0 fully saturated rings. The smallest absolute Gasteiger partial charge is 0.224 e. The van der Waals surface area contributed by atoms with Crippen molar-refractivity contribution in [2.24, 2.45) is 9.98 Å². The van der Waals surface area contributed by atoms with Crippen LogP contribution < -0.4 is 0 Å². The van der Waals surface area contributed by atoms with Gasteiger partial charge in [-0.25, -0.2) is 14.4 Å². The van der Waals surface area contributed by atoms with Crippen LogP contribution in [0.1, 0.15) is 17.5 Å². The molecule has 2 heterocycles. The fourth-order valence-electron chi connectivity index (χ4n) is 3.24. The average molecular weight is 383 g/mol. The standard InChI is InChI=1S/C21H20ClFN4/c22-19-5-1-16(2-6-19)13-26-14-24-21(25-15-26)27-11-9-18(10-12-27)17-3-7-20(23)8-4-17/h1-9,14H,10-13,15H2. The Morgan fingerprint density at radius 2 is 1.81 bits per heavy atom. The molecule has 0 atom stereocenters. The molecular weight excluding hydrogens is 363 g/mol. The Morgan fingerprint density at radius 1 is 1.04 bits per heavy atom. The second-order valence-corrected chi connectivity index (χ2v) is 7.09. The Bertz CT molecular complexity index is 887. The maximum atomic E-state index is 13.1. The molecule has 6 heteroatoms. The van der Waals surface area contributed by atoms with Crippen LogP contribution >= 0.6 is 11.6 Å². The molecule has 0 radical (unpaired) electrons. The molecule has 2 aromatic carbocycles. The van der Waals surface area contributed by atoms with Crippen LogP contribution in [-0.2, 0) is 6.54 Å². The molecule has 0 bridgehead atoms. The van der Waals surface area contributed by atoms with Crippen molar-refractivity contribution in [3.8, 4) is 0 Å². The molecule has 0 spiro atoms. The lowest BCUT2D eigenvalue weighted by atomic mass is 10.00. The molecule has 138 valence electrons. The van der Waals surface area contributed by atoms with Crippen molar-refractivity contribution >= 4 is 29.5 Å². The van der Waals surface area contributed by atoms with Gasteiger partial charge in [-0.2, -0.15) is 0 Å². The topological polar surface area (TPSA) is 31.2 Å². The number of hydrogen-bond donors (Lipinski definition) is 0. The molecular formula is C21H20ClFN4. The van der Waals surface area contributed by atoms with E-state index in [1.54, 1.807) is 0 Å². The van der Waals surface area contributed by atoms with Gasteiger partial charge < -0.3 is 9.80 Å². The van der Waals surface area contributed by atoms with Crippen LogP contribution in [0.15, 0.2) is 64.6 Å². The van der Waals surface area contributed by atoms with E-state index in [4.69, 9.17) is 11.6 Å². The van der Waals surface area contributed by atoms with E-state index in [1.165, 1.54) is 23.3 Å². The molecule has 0 N–H and O–H groups in total. The molecule has 0 amide bonds. The number of benzene rings is 2. The van der Waals surface area contributed by atoms with Crippen LogP contribution in [0.4, 0.5) is 4.39 Å². The van der Waals surface area contributed by atoms with E-state index >= 15 is 0 Å². The quantitative estimate of drug-likeness (QED) is 0.786. The van der Waals surface area contributed by atoms with E-state index in [9.17, 15) is 4.39 Å². The van der Waals surface area contributed by atoms with Gasteiger partial charge in [0.2, 0.25) is 5.96 Å². The first-order chi connectivity index (χ1) is 13.2. The highest BCUT2D eigenvalue weighted by molar-refractivity contribution is 6.30. The van der Waals surface area contributed by atoms with Crippen LogP contribution in [0.5, 0.6) is 0 Å². The van der Waals surface area contributed by atoms with Gasteiger partial charge in [0, 0.05) is 24.7 Å². The Kier molecular flexibility index (Phi) is 5.21. The molecule has 2 aliphatic rings. The van der Waals surface area contributed by atoms with E-state index in [1.807, 2.05) is 42.7 Å². The van der Waals surface area contributed by atoms with Crippen LogP contribution in [0.2, 0.25) is 5.02 Å². The highest BCUT2D eigenvalue weighted by atomic mass is 35.5. The van der Waals surface area contributed by atoms with Crippen molar-refractivity contribution in [1.29, 1.82) is 0 Å². The summed E-state index contributed by atoms with van der Waals surface area (Å²) in [6, 6.07) is 14.5. The molecule has 2 aliphatic heterocycles. The number of rotatable bonds is 3. The maximum absolute atomic E-state index is 13.1. The van der Waals surface area contributed by atoms with Gasteiger partial charge in [0.05, 0.1) is 6.34 Å². The van der Waals surface area contributed by atoms with Gasteiger partial charge in [-0.3, -0.25) is 0 Å². The first-order valence-corrected chi connectivity index (χ1v) is 9.32. The van der Waals surface area contributed by atoms with Crippen LogP contribution in [0.25, 0.3) is 5.57 Å². The highest BCUT2D eigenvalue weighted by Gasteiger charge is 2.18. The van der Waals surface area contributed by atoms with Gasteiger partial charge in [-0.1, -0.05) is 41.9 Å². The van der Waals surface area contributed by atoms with Gasteiger partial charge in [0.15, 0.2) is 0 Å². The van der Waals surface area contributed by atoms with E-state index in [-0.39, 0.29) is 5.82 Å². The van der Waals surface area contributed by atoms with Crippen LogP contribution in [0, 0.1) is 5.82 Å². The van der Waals surface area contributed by atoms with E-state index < -0.39 is 0 Å². The Labute approximate surface area is 163 Å². The fraction of sp³-hybridized carbons (Fsp3) is 0.238. The number of guanidine groups is 1. The third-order valence-corrected chi connectivity index (χ3v) is 4.99. The van der Waals surface area contributed by atoms with E-state index in [0.29, 0.717) is 6.67 Å². The van der Waals surface area contributed by atoms with E-state index in [2.05, 4.69) is 25.9 Å². The van der Waals surface area contributed by atoms with Gasteiger partial charge in [-0.05, 0) is 47.4 Å². The van der Waals surface area contributed by atoms with Gasteiger partial charge >= 0.3 is 0 Å². The number of aliphatic imine (C=N–C) groups is 2. The highest BCUT2D eigenvalue weighted by Crippen LogP contribution is 2.23. The number of halogens is 2. The summed E-state index contributed by atoms with van der Waals surface area (Å²) in [6.45, 7) is 2.97. The SMILES string of the molecule is Fc1ccc(C2=CCN(C3=NCN(Cc4ccc(Cl)cc4)C=N3)CC2)cc1. The molecule has 27 heavy (non-hydrogen) atoms. The first-order valence-electron chi connectivity index (χ1n) is 8.94. The molecule has 4 rings (SSSR count). The molecule has 2 aromatic rings. The molecule has 4 nitrogen and oxygen atoms in total. The average Bonchev–Trinajstić information content (AvgIpc) is 2.71. The van der Waals surface area contributed by atoms with Crippen molar-refractivity contribution in [3.05, 3.63) is 76.6 Å². The third-order valence-electron chi connectivity index (χ3n) is 4.74. The molecule has 0 aliphatic carbocycles. The minimum absolute atomic E-state index is 0.203. The third kappa shape index (κ3) is 4.37. The van der Waals surface area contributed by atoms with Gasteiger partial charge in [0.25, 0.3) is 0 Å². The predicted molar refractivity (Wildman–Crippen MR) is 108 cm³/mol. The summed E-state index contributed by atoms with van der Waals surface area (Å²) in [5.74, 6) is 0.572. The molecule has 0 aromatic heterocycles. The zero-order valence-corrected chi connectivity index (χ0v) is 15.6. The lowest BCUT2D eigenvalue weighted by molar-refractivity contribution is 0.406. The normalized spacial score (nSPS) is 17.0. The summed E-state index contributed by atoms with van der Waals surface area (Å²) >= 11 is 5.93. The van der Waals surface area contributed by atoms with Crippen molar-refractivity contribution in [1.82, 2.24) is 9.80 Å². The number of hydrogen-bond acceptors (Lipinski definition) is 4. The van der Waals surface area contributed by atoms with Crippen molar-refractivity contribution in [2.45, 2.75) is 13.0 Å².